The number of hydrogen-bond donors (Lipinski definition) is 1. The smallest absolute Gasteiger partial charge is 0.316 e. The van der Waals surface area contributed by atoms with Gasteiger partial charge in [0, 0.05) is 0 Å². The van der Waals surface area contributed by atoms with Gasteiger partial charge in [0.25, 0.3) is 5.91 Å². The average Bonchev–Trinajstić information content (AvgIpc) is 2.55. The molecular formula is C15H15N3O3. The molecule has 3 rings (SSSR count). The van der Waals surface area contributed by atoms with E-state index in [4.69, 9.17) is 9.47 Å². The predicted molar refractivity (Wildman–Crippen MR) is 76.4 cm³/mol. The fraction of sp³-hybridized carbons (Fsp3) is 0.267. The lowest BCUT2D eigenvalue weighted by Crippen LogP contribution is -2.35. The molecule has 1 amide bonds. The van der Waals surface area contributed by atoms with E-state index in [2.05, 4.69) is 15.3 Å². The van der Waals surface area contributed by atoms with E-state index in [0.717, 1.165) is 17.7 Å². The third kappa shape index (κ3) is 2.94. The van der Waals surface area contributed by atoms with Crippen molar-refractivity contribution >= 4 is 11.6 Å². The third-order valence-electron chi connectivity index (χ3n) is 3.29. The number of carbonyl (C=O) groups excluding carboxylic acids is 1. The van der Waals surface area contributed by atoms with Crippen molar-refractivity contribution in [2.75, 3.05) is 12.4 Å². The zero-order valence-corrected chi connectivity index (χ0v) is 11.6. The molecule has 1 unspecified atom stereocenters. The Morgan fingerprint density at radius 3 is 2.86 bits per heavy atom. The SMILES string of the molecule is COc1ncc(NC(=O)C2CCc3ccccc3O2)cn1. The Balaban J connectivity index is 1.66. The van der Waals surface area contributed by atoms with Crippen molar-refractivity contribution < 1.29 is 14.3 Å². The van der Waals surface area contributed by atoms with Gasteiger partial charge in [0.1, 0.15) is 5.75 Å². The minimum absolute atomic E-state index is 0.196. The molecule has 2 aromatic rings. The summed E-state index contributed by atoms with van der Waals surface area (Å²) in [5, 5.41) is 2.75. The maximum absolute atomic E-state index is 12.2. The van der Waals surface area contributed by atoms with Crippen molar-refractivity contribution in [2.45, 2.75) is 18.9 Å². The van der Waals surface area contributed by atoms with E-state index in [-0.39, 0.29) is 11.9 Å². The molecule has 0 spiro atoms. The first-order chi connectivity index (χ1) is 10.3. The first-order valence-electron chi connectivity index (χ1n) is 6.68. The van der Waals surface area contributed by atoms with Gasteiger partial charge in [-0.05, 0) is 24.5 Å². The number of para-hydroxylation sites is 1. The Kier molecular flexibility index (Phi) is 3.68. The Hall–Kier alpha value is -2.63. The lowest BCUT2D eigenvalue weighted by Gasteiger charge is -2.25. The zero-order chi connectivity index (χ0) is 14.7. The van der Waals surface area contributed by atoms with Crippen molar-refractivity contribution in [3.8, 4) is 11.8 Å². The van der Waals surface area contributed by atoms with Gasteiger partial charge in [-0.3, -0.25) is 4.79 Å². The van der Waals surface area contributed by atoms with Crippen molar-refractivity contribution in [1.82, 2.24) is 9.97 Å². The lowest BCUT2D eigenvalue weighted by molar-refractivity contribution is -0.123. The molecule has 1 N–H and O–H groups in total. The summed E-state index contributed by atoms with van der Waals surface area (Å²) in [6.45, 7) is 0. The maximum Gasteiger partial charge on any atom is 0.316 e. The minimum atomic E-state index is -0.498. The van der Waals surface area contributed by atoms with Crippen LogP contribution in [0.4, 0.5) is 5.69 Å². The summed E-state index contributed by atoms with van der Waals surface area (Å²) in [7, 11) is 1.49. The molecule has 0 bridgehead atoms. The third-order valence-corrected chi connectivity index (χ3v) is 3.29. The monoisotopic (exact) mass is 285 g/mol. The quantitative estimate of drug-likeness (QED) is 0.931. The summed E-state index contributed by atoms with van der Waals surface area (Å²) in [5.74, 6) is 0.577. The van der Waals surface area contributed by atoms with Gasteiger partial charge in [-0.2, -0.15) is 0 Å². The van der Waals surface area contributed by atoms with Gasteiger partial charge in [0.2, 0.25) is 0 Å². The van der Waals surface area contributed by atoms with Gasteiger partial charge in [0.15, 0.2) is 6.10 Å². The Morgan fingerprint density at radius 2 is 2.10 bits per heavy atom. The maximum atomic E-state index is 12.2. The molecule has 1 aliphatic rings. The highest BCUT2D eigenvalue weighted by atomic mass is 16.5. The second-order valence-corrected chi connectivity index (χ2v) is 4.70. The van der Waals surface area contributed by atoms with E-state index in [0.29, 0.717) is 12.1 Å². The number of methoxy groups -OCH3 is 1. The highest BCUT2D eigenvalue weighted by Crippen LogP contribution is 2.27. The summed E-state index contributed by atoms with van der Waals surface area (Å²) in [5.41, 5.74) is 1.65. The minimum Gasteiger partial charge on any atom is -0.480 e. The lowest BCUT2D eigenvalue weighted by atomic mass is 10.0. The number of ether oxygens (including phenoxy) is 2. The second-order valence-electron chi connectivity index (χ2n) is 4.70. The van der Waals surface area contributed by atoms with Crippen LogP contribution in [0.3, 0.4) is 0 Å². The molecule has 6 heteroatoms. The number of aromatic nitrogens is 2. The Bertz CT molecular complexity index is 643. The predicted octanol–water partition coefficient (Wildman–Crippen LogP) is 1.82. The highest BCUT2D eigenvalue weighted by molar-refractivity contribution is 5.94. The van der Waals surface area contributed by atoms with Gasteiger partial charge >= 0.3 is 6.01 Å². The van der Waals surface area contributed by atoms with Crippen LogP contribution < -0.4 is 14.8 Å². The molecular weight excluding hydrogens is 270 g/mol. The van der Waals surface area contributed by atoms with Gasteiger partial charge < -0.3 is 14.8 Å². The molecule has 0 saturated carbocycles. The molecule has 0 radical (unpaired) electrons. The van der Waals surface area contributed by atoms with Crippen LogP contribution in [-0.4, -0.2) is 29.1 Å². The van der Waals surface area contributed by atoms with Crippen LogP contribution in [0.1, 0.15) is 12.0 Å². The Morgan fingerprint density at radius 1 is 1.33 bits per heavy atom. The molecule has 21 heavy (non-hydrogen) atoms. The summed E-state index contributed by atoms with van der Waals surface area (Å²) >= 11 is 0. The number of nitrogens with zero attached hydrogens (tertiary/aromatic N) is 2. The first kappa shape index (κ1) is 13.4. The van der Waals surface area contributed by atoms with E-state index in [1.807, 2.05) is 24.3 Å². The van der Waals surface area contributed by atoms with Crippen molar-refractivity contribution in [1.29, 1.82) is 0 Å². The first-order valence-corrected chi connectivity index (χ1v) is 6.68. The number of amides is 1. The number of benzene rings is 1. The number of hydrogen-bond acceptors (Lipinski definition) is 5. The van der Waals surface area contributed by atoms with E-state index >= 15 is 0 Å². The largest absolute Gasteiger partial charge is 0.480 e. The van der Waals surface area contributed by atoms with Gasteiger partial charge in [0.05, 0.1) is 25.2 Å². The van der Waals surface area contributed by atoms with E-state index in [9.17, 15) is 4.79 Å². The Labute approximate surface area is 122 Å². The molecule has 0 saturated heterocycles. The molecule has 6 nitrogen and oxygen atoms in total. The topological polar surface area (TPSA) is 73.3 Å². The van der Waals surface area contributed by atoms with Crippen LogP contribution in [0.25, 0.3) is 0 Å². The van der Waals surface area contributed by atoms with Gasteiger partial charge in [-0.25, -0.2) is 9.97 Å². The molecule has 2 heterocycles. The number of rotatable bonds is 3. The molecule has 1 aromatic heterocycles. The zero-order valence-electron chi connectivity index (χ0n) is 11.6. The van der Waals surface area contributed by atoms with Crippen LogP contribution in [0.2, 0.25) is 0 Å². The van der Waals surface area contributed by atoms with Crippen molar-refractivity contribution in [3.05, 3.63) is 42.2 Å². The van der Waals surface area contributed by atoms with E-state index in [1.165, 1.54) is 19.5 Å². The molecule has 1 aliphatic heterocycles. The van der Waals surface area contributed by atoms with Gasteiger partial charge in [-0.1, -0.05) is 18.2 Å². The summed E-state index contributed by atoms with van der Waals surface area (Å²) in [6.07, 6.45) is 3.98. The van der Waals surface area contributed by atoms with Crippen molar-refractivity contribution in [2.24, 2.45) is 0 Å². The van der Waals surface area contributed by atoms with Gasteiger partial charge in [-0.15, -0.1) is 0 Å². The number of fused-ring (bicyclic) bond motifs is 1. The van der Waals surface area contributed by atoms with Crippen LogP contribution in [-0.2, 0) is 11.2 Å². The summed E-state index contributed by atoms with van der Waals surface area (Å²) in [6, 6.07) is 8.02. The fourth-order valence-electron chi connectivity index (χ4n) is 2.22. The van der Waals surface area contributed by atoms with Crippen molar-refractivity contribution in [3.63, 3.8) is 0 Å². The normalized spacial score (nSPS) is 16.5. The summed E-state index contributed by atoms with van der Waals surface area (Å²) < 4.78 is 10.6. The second kappa shape index (κ2) is 5.78. The van der Waals surface area contributed by atoms with Crippen LogP contribution in [0.5, 0.6) is 11.8 Å². The number of anilines is 1. The van der Waals surface area contributed by atoms with Crippen LogP contribution >= 0.6 is 0 Å². The van der Waals surface area contributed by atoms with Crippen LogP contribution in [0, 0.1) is 0 Å². The standard InChI is InChI=1S/C15H15N3O3/c1-20-15-16-8-11(9-17-15)18-14(19)13-7-6-10-4-2-3-5-12(10)21-13/h2-5,8-9,13H,6-7H2,1H3,(H,18,19). The molecule has 1 atom stereocenters. The fourth-order valence-corrected chi connectivity index (χ4v) is 2.22. The molecule has 0 aliphatic carbocycles. The number of carbonyl (C=O) groups is 1. The van der Waals surface area contributed by atoms with Crippen LogP contribution in [0.15, 0.2) is 36.7 Å². The van der Waals surface area contributed by atoms with E-state index in [1.54, 1.807) is 0 Å². The number of aryl methyl sites for hydroxylation is 1. The molecule has 0 fully saturated rings. The summed E-state index contributed by atoms with van der Waals surface area (Å²) in [4.78, 5) is 20.1. The molecule has 108 valence electrons. The number of nitrogens with one attached hydrogen (secondary N) is 1. The van der Waals surface area contributed by atoms with E-state index < -0.39 is 6.10 Å². The average molecular weight is 285 g/mol. The molecule has 1 aromatic carbocycles. The highest BCUT2D eigenvalue weighted by Gasteiger charge is 2.25.